The van der Waals surface area contributed by atoms with E-state index in [0.717, 1.165) is 83.7 Å². The van der Waals surface area contributed by atoms with Crippen molar-refractivity contribution >= 4 is 28.5 Å². The number of nitrogens with zero attached hydrogens (tertiary/aromatic N) is 8. The van der Waals surface area contributed by atoms with Crippen LogP contribution in [0.3, 0.4) is 0 Å². The second-order valence-corrected chi connectivity index (χ2v) is 11.7. The van der Waals surface area contributed by atoms with Crippen LogP contribution in [0.15, 0.2) is 29.3 Å². The average Bonchev–Trinajstić information content (AvgIpc) is 3.45. The van der Waals surface area contributed by atoms with Gasteiger partial charge >= 0.3 is 0 Å². The maximum Gasteiger partial charge on any atom is 0.249 e. The van der Waals surface area contributed by atoms with E-state index in [1.165, 1.54) is 0 Å². The molecule has 0 aliphatic carbocycles. The lowest BCUT2D eigenvalue weighted by Crippen LogP contribution is -2.44. The molecule has 5 rings (SSSR count). The van der Waals surface area contributed by atoms with Crippen molar-refractivity contribution in [1.82, 2.24) is 24.6 Å². The molecule has 2 aliphatic rings. The van der Waals surface area contributed by atoms with Crippen LogP contribution in [0.1, 0.15) is 64.9 Å². The number of ketones is 1. The molecule has 1 fully saturated rings. The third kappa shape index (κ3) is 5.75. The van der Waals surface area contributed by atoms with E-state index in [1.54, 1.807) is 23.5 Å². The third-order valence-corrected chi connectivity index (χ3v) is 9.05. The summed E-state index contributed by atoms with van der Waals surface area (Å²) in [6.07, 6.45) is 2.67. The number of carbonyl (C=O) groups excluding carboxylic acids is 1. The number of Topliss-reactive ketones (excluding diaryl/α,β-unsaturated/α-hetero) is 1. The number of rotatable bonds is 9. The van der Waals surface area contributed by atoms with E-state index in [1.807, 2.05) is 30.5 Å². The number of aryl methyl sites for hydroxylation is 1. The second kappa shape index (κ2) is 12.2. The Kier molecular flexibility index (Phi) is 8.51. The van der Waals surface area contributed by atoms with Crippen LogP contribution in [0.4, 0.5) is 5.69 Å². The maximum atomic E-state index is 13.3. The lowest BCUT2D eigenvalue weighted by molar-refractivity contribution is -0.119. The van der Waals surface area contributed by atoms with E-state index in [-0.39, 0.29) is 12.2 Å². The molecule has 0 saturated carbocycles. The summed E-state index contributed by atoms with van der Waals surface area (Å²) in [6, 6.07) is 6.95. The number of aromatic nitrogens is 3. The van der Waals surface area contributed by atoms with Crippen molar-refractivity contribution < 1.29 is 4.79 Å². The SMILES string of the molecule is [C-]#[N+]Cc1sc2c(c1C)C(c1ccc([N+]#[C-])cc1)=N[C@@H](CC(=O)CCCCN1CCN(C)CC1)c1nnc(C)n1-2. The zero-order valence-electron chi connectivity index (χ0n) is 23.4. The molecule has 40 heavy (non-hydrogen) atoms. The van der Waals surface area contributed by atoms with Gasteiger partial charge in [0.25, 0.3) is 0 Å². The van der Waals surface area contributed by atoms with Gasteiger partial charge in [0, 0.05) is 44.6 Å². The van der Waals surface area contributed by atoms with E-state index in [9.17, 15) is 4.79 Å². The second-order valence-electron chi connectivity index (χ2n) is 10.6. The molecule has 1 aromatic carbocycles. The minimum absolute atomic E-state index is 0.178. The first-order valence-electron chi connectivity index (χ1n) is 13.8. The number of thiophene rings is 1. The monoisotopic (exact) mass is 554 g/mol. The molecule has 3 aromatic rings. The molecule has 1 atom stereocenters. The lowest BCUT2D eigenvalue weighted by Gasteiger charge is -2.32. The Morgan fingerprint density at radius 2 is 1.82 bits per heavy atom. The Hall–Kier alpha value is -3.70. The highest BCUT2D eigenvalue weighted by molar-refractivity contribution is 7.15. The standard InChI is InChI=1S/C30H34N8OS/c1-20-26(19-31-3)40-30-27(20)28(22-9-11-23(32-4)12-10-22)33-25(29-35-34-21(2)38(29)30)18-24(39)8-6-7-13-37-16-14-36(5)15-17-37/h9-12,25H,6-8,13-19H2,1-2,5H3/t25-/m0/s1. The minimum atomic E-state index is -0.467. The Morgan fingerprint density at radius 3 is 2.52 bits per heavy atom. The molecule has 0 spiro atoms. The van der Waals surface area contributed by atoms with Gasteiger partial charge in [0.05, 0.1) is 17.2 Å². The Labute approximate surface area is 239 Å². The number of carbonyl (C=O) groups is 1. The molecule has 0 amide bonds. The van der Waals surface area contributed by atoms with Gasteiger partial charge < -0.3 is 14.6 Å². The molecule has 4 heterocycles. The predicted octanol–water partition coefficient (Wildman–Crippen LogP) is 5.18. The molecular weight excluding hydrogens is 520 g/mol. The number of aliphatic imine (C=N–C) groups is 1. The molecule has 2 aromatic heterocycles. The molecule has 9 nitrogen and oxygen atoms in total. The molecule has 0 N–H and O–H groups in total. The number of fused-ring (bicyclic) bond motifs is 3. The van der Waals surface area contributed by atoms with Gasteiger partial charge in [-0.25, -0.2) is 11.4 Å². The van der Waals surface area contributed by atoms with Crippen molar-refractivity contribution in [1.29, 1.82) is 0 Å². The summed E-state index contributed by atoms with van der Waals surface area (Å²) in [5.41, 5.74) is 4.17. The maximum absolute atomic E-state index is 13.3. The summed E-state index contributed by atoms with van der Waals surface area (Å²) in [7, 11) is 2.16. The summed E-state index contributed by atoms with van der Waals surface area (Å²) in [5.74, 6) is 1.57. The Morgan fingerprint density at radius 1 is 1.07 bits per heavy atom. The van der Waals surface area contributed by atoms with E-state index in [2.05, 4.69) is 36.7 Å². The molecule has 0 unspecified atom stereocenters. The number of hydrogen-bond donors (Lipinski definition) is 0. The first kappa shape index (κ1) is 27.9. The summed E-state index contributed by atoms with van der Waals surface area (Å²) < 4.78 is 2.02. The average molecular weight is 555 g/mol. The van der Waals surface area contributed by atoms with E-state index in [0.29, 0.717) is 24.5 Å². The zero-order valence-corrected chi connectivity index (χ0v) is 24.2. The highest BCUT2D eigenvalue weighted by Crippen LogP contribution is 2.40. The first-order valence-corrected chi connectivity index (χ1v) is 14.6. The summed E-state index contributed by atoms with van der Waals surface area (Å²) in [6.45, 7) is 24.5. The van der Waals surface area contributed by atoms with Crippen molar-refractivity contribution in [2.24, 2.45) is 4.99 Å². The van der Waals surface area contributed by atoms with Gasteiger partial charge in [0.15, 0.2) is 11.5 Å². The van der Waals surface area contributed by atoms with E-state index in [4.69, 9.17) is 18.1 Å². The fourth-order valence-electron chi connectivity index (χ4n) is 5.42. The summed E-state index contributed by atoms with van der Waals surface area (Å²) >= 11 is 1.57. The van der Waals surface area contributed by atoms with Crippen LogP contribution < -0.4 is 0 Å². The summed E-state index contributed by atoms with van der Waals surface area (Å²) in [4.78, 5) is 31.5. The minimum Gasteiger partial charge on any atom is -0.311 e. The Balaban J connectivity index is 1.42. The largest absolute Gasteiger partial charge is 0.311 e. The van der Waals surface area contributed by atoms with Gasteiger partial charge in [-0.2, -0.15) is 0 Å². The van der Waals surface area contributed by atoms with Gasteiger partial charge in [0.1, 0.15) is 22.7 Å². The highest BCUT2D eigenvalue weighted by Gasteiger charge is 2.33. The van der Waals surface area contributed by atoms with Crippen molar-refractivity contribution in [2.75, 3.05) is 39.8 Å². The normalized spacial score (nSPS) is 17.3. The van der Waals surface area contributed by atoms with E-state index >= 15 is 0 Å². The molecule has 1 saturated heterocycles. The van der Waals surface area contributed by atoms with Crippen LogP contribution in [0, 0.1) is 27.0 Å². The number of hydrogen-bond acceptors (Lipinski definition) is 7. The van der Waals surface area contributed by atoms with Crippen LogP contribution in [-0.4, -0.2) is 75.8 Å². The molecule has 0 radical (unpaired) electrons. The summed E-state index contributed by atoms with van der Waals surface area (Å²) in [5, 5.41) is 9.81. The Bertz CT molecular complexity index is 1500. The molecule has 206 valence electrons. The number of unbranched alkanes of at least 4 members (excludes halogenated alkanes) is 1. The van der Waals surface area contributed by atoms with Crippen molar-refractivity contribution in [2.45, 2.75) is 52.1 Å². The van der Waals surface area contributed by atoms with Gasteiger partial charge in [-0.1, -0.05) is 24.3 Å². The fourth-order valence-corrected chi connectivity index (χ4v) is 6.71. The molecular formula is C30H34N8OS. The lowest BCUT2D eigenvalue weighted by atomic mass is 9.99. The van der Waals surface area contributed by atoms with Crippen LogP contribution in [0.25, 0.3) is 14.7 Å². The number of benzene rings is 1. The van der Waals surface area contributed by atoms with Gasteiger partial charge in [0.2, 0.25) is 6.54 Å². The van der Waals surface area contributed by atoms with Crippen LogP contribution in [0.5, 0.6) is 0 Å². The number of likely N-dealkylation sites (N-methyl/N-ethyl adjacent to an activating group) is 1. The van der Waals surface area contributed by atoms with Crippen molar-refractivity contribution in [3.05, 3.63) is 80.3 Å². The zero-order chi connectivity index (χ0) is 28.2. The predicted molar refractivity (Wildman–Crippen MR) is 158 cm³/mol. The van der Waals surface area contributed by atoms with Gasteiger partial charge in [-0.15, -0.1) is 21.5 Å². The molecule has 2 aliphatic heterocycles. The quantitative estimate of drug-likeness (QED) is 0.269. The van der Waals surface area contributed by atoms with Crippen molar-refractivity contribution in [3.8, 4) is 5.00 Å². The fraction of sp³-hybridized carbons (Fsp3) is 0.467. The van der Waals surface area contributed by atoms with Gasteiger partial charge in [-0.3, -0.25) is 14.4 Å². The van der Waals surface area contributed by atoms with Crippen LogP contribution in [0.2, 0.25) is 0 Å². The van der Waals surface area contributed by atoms with Crippen LogP contribution >= 0.6 is 11.3 Å². The topological polar surface area (TPSA) is 75.3 Å². The smallest absolute Gasteiger partial charge is 0.249 e. The van der Waals surface area contributed by atoms with E-state index < -0.39 is 6.04 Å². The van der Waals surface area contributed by atoms with Crippen LogP contribution in [-0.2, 0) is 11.3 Å². The number of piperazine rings is 1. The molecule has 0 bridgehead atoms. The first-order chi connectivity index (χ1) is 19.4. The van der Waals surface area contributed by atoms with Gasteiger partial charge in [-0.05, 0) is 51.4 Å². The molecule has 10 heteroatoms. The highest BCUT2D eigenvalue weighted by atomic mass is 32.1. The van der Waals surface area contributed by atoms with Crippen molar-refractivity contribution in [3.63, 3.8) is 0 Å². The third-order valence-electron chi connectivity index (χ3n) is 7.79.